The van der Waals surface area contributed by atoms with Crippen LogP contribution in [0.4, 0.5) is 0 Å². The summed E-state index contributed by atoms with van der Waals surface area (Å²) < 4.78 is 50.1. The van der Waals surface area contributed by atoms with Crippen molar-refractivity contribution in [1.82, 2.24) is 10.0 Å². The Morgan fingerprint density at radius 1 is 1.30 bits per heavy atom. The lowest BCUT2D eigenvalue weighted by Gasteiger charge is -2.13. The maximum atomic E-state index is 12.3. The predicted molar refractivity (Wildman–Crippen MR) is 76.2 cm³/mol. The van der Waals surface area contributed by atoms with E-state index in [1.54, 1.807) is 0 Å². The summed E-state index contributed by atoms with van der Waals surface area (Å²) >= 11 is 5.89. The van der Waals surface area contributed by atoms with Crippen LogP contribution in [0, 0.1) is 0 Å². The molecule has 0 aliphatic carbocycles. The third-order valence-corrected chi connectivity index (χ3v) is 6.11. The summed E-state index contributed by atoms with van der Waals surface area (Å²) in [4.78, 5) is -0.291. The molecule has 9 heteroatoms. The van der Waals surface area contributed by atoms with Gasteiger partial charge < -0.3 is 5.32 Å². The summed E-state index contributed by atoms with van der Waals surface area (Å²) in [6.45, 7) is 1.28. The molecule has 6 nitrogen and oxygen atoms in total. The van der Waals surface area contributed by atoms with Crippen molar-refractivity contribution in [2.45, 2.75) is 22.3 Å². The zero-order valence-electron chi connectivity index (χ0n) is 10.8. The Morgan fingerprint density at radius 3 is 2.55 bits per heavy atom. The van der Waals surface area contributed by atoms with Crippen LogP contribution in [0.15, 0.2) is 28.0 Å². The Balaban J connectivity index is 2.40. The van der Waals surface area contributed by atoms with Crippen LogP contribution in [0.1, 0.15) is 6.42 Å². The van der Waals surface area contributed by atoms with E-state index in [0.717, 1.165) is 18.9 Å². The topological polar surface area (TPSA) is 92.3 Å². The SMILES string of the molecule is CS(=O)(=O)c1ccc(Cl)c(S(=O)(=O)N[C@H]2CCNC2)c1. The van der Waals surface area contributed by atoms with Crippen LogP contribution in [-0.2, 0) is 19.9 Å². The second-order valence-corrected chi connectivity index (χ2v) is 8.78. The van der Waals surface area contributed by atoms with Crippen molar-refractivity contribution in [3.05, 3.63) is 23.2 Å². The first-order chi connectivity index (χ1) is 9.20. The van der Waals surface area contributed by atoms with E-state index in [2.05, 4.69) is 10.0 Å². The molecule has 0 aromatic heterocycles. The molecule has 1 fully saturated rings. The Morgan fingerprint density at radius 2 is 2.00 bits per heavy atom. The van der Waals surface area contributed by atoms with Crippen LogP contribution in [0.25, 0.3) is 0 Å². The number of rotatable bonds is 4. The van der Waals surface area contributed by atoms with Gasteiger partial charge in [0.1, 0.15) is 4.90 Å². The predicted octanol–water partition coefficient (Wildman–Crippen LogP) is 0.384. The monoisotopic (exact) mass is 338 g/mol. The summed E-state index contributed by atoms with van der Waals surface area (Å²) in [6.07, 6.45) is 1.70. The van der Waals surface area contributed by atoms with Crippen LogP contribution in [0.3, 0.4) is 0 Å². The fourth-order valence-electron chi connectivity index (χ4n) is 1.96. The Kier molecular flexibility index (Phi) is 4.41. The lowest BCUT2D eigenvalue weighted by molar-refractivity contribution is 0.560. The minimum absolute atomic E-state index is 0.00384. The number of hydrogen-bond donors (Lipinski definition) is 2. The van der Waals surface area contributed by atoms with Crippen LogP contribution < -0.4 is 10.0 Å². The van der Waals surface area contributed by atoms with Crippen molar-refractivity contribution >= 4 is 31.5 Å². The lowest BCUT2D eigenvalue weighted by atomic mass is 10.3. The van der Waals surface area contributed by atoms with Gasteiger partial charge in [0.2, 0.25) is 10.0 Å². The number of benzene rings is 1. The third-order valence-electron chi connectivity index (χ3n) is 3.00. The number of sulfonamides is 1. The van der Waals surface area contributed by atoms with E-state index in [-0.39, 0.29) is 20.9 Å². The van der Waals surface area contributed by atoms with Gasteiger partial charge in [0.05, 0.1) is 9.92 Å². The molecule has 0 radical (unpaired) electrons. The van der Waals surface area contributed by atoms with Crippen molar-refractivity contribution in [1.29, 1.82) is 0 Å². The molecule has 1 heterocycles. The van der Waals surface area contributed by atoms with Crippen LogP contribution in [-0.4, -0.2) is 42.2 Å². The van der Waals surface area contributed by atoms with Crippen LogP contribution >= 0.6 is 11.6 Å². The zero-order valence-corrected chi connectivity index (χ0v) is 13.1. The van der Waals surface area contributed by atoms with Gasteiger partial charge in [0, 0.05) is 18.8 Å². The van der Waals surface area contributed by atoms with E-state index >= 15 is 0 Å². The molecule has 0 bridgehead atoms. The standard InChI is InChI=1S/C11H15ClN2O4S2/c1-19(15,16)9-2-3-10(12)11(6-9)20(17,18)14-8-4-5-13-7-8/h2-3,6,8,13-14H,4-5,7H2,1H3/t8-/m0/s1. The summed E-state index contributed by atoms with van der Waals surface area (Å²) in [6, 6.07) is 3.44. The average Bonchev–Trinajstić information content (AvgIpc) is 2.79. The van der Waals surface area contributed by atoms with E-state index in [4.69, 9.17) is 11.6 Å². The second-order valence-electron chi connectivity index (χ2n) is 4.68. The minimum Gasteiger partial charge on any atom is -0.315 e. The van der Waals surface area contributed by atoms with Crippen molar-refractivity contribution < 1.29 is 16.8 Å². The zero-order chi connectivity index (χ0) is 15.0. The molecule has 2 N–H and O–H groups in total. The van der Waals surface area contributed by atoms with Gasteiger partial charge in [-0.25, -0.2) is 21.6 Å². The molecule has 0 saturated carbocycles. The first-order valence-electron chi connectivity index (χ1n) is 5.93. The van der Waals surface area contributed by atoms with Gasteiger partial charge in [-0.1, -0.05) is 11.6 Å². The molecule has 0 spiro atoms. The second kappa shape index (κ2) is 5.61. The minimum atomic E-state index is -3.84. The molecule has 1 aromatic carbocycles. The van der Waals surface area contributed by atoms with E-state index in [9.17, 15) is 16.8 Å². The van der Waals surface area contributed by atoms with E-state index in [0.29, 0.717) is 13.0 Å². The van der Waals surface area contributed by atoms with Gasteiger partial charge in [0.15, 0.2) is 9.84 Å². The Bertz CT molecular complexity index is 710. The van der Waals surface area contributed by atoms with Crippen molar-refractivity contribution in [2.24, 2.45) is 0 Å². The first kappa shape index (κ1) is 15.7. The molecule has 2 rings (SSSR count). The molecular weight excluding hydrogens is 324 g/mol. The molecule has 20 heavy (non-hydrogen) atoms. The third kappa shape index (κ3) is 3.50. The van der Waals surface area contributed by atoms with Crippen LogP contribution in [0.5, 0.6) is 0 Å². The summed E-state index contributed by atoms with van der Waals surface area (Å²) in [5, 5.41) is 3.04. The molecular formula is C11H15ClN2O4S2. The highest BCUT2D eigenvalue weighted by Gasteiger charge is 2.25. The Labute approximate surface area is 123 Å². The molecule has 1 aliphatic rings. The highest BCUT2D eigenvalue weighted by molar-refractivity contribution is 7.91. The molecule has 1 atom stereocenters. The molecule has 1 aliphatic heterocycles. The van der Waals surface area contributed by atoms with Gasteiger partial charge in [-0.2, -0.15) is 0 Å². The van der Waals surface area contributed by atoms with Gasteiger partial charge in [0.25, 0.3) is 0 Å². The quantitative estimate of drug-likeness (QED) is 0.828. The molecule has 0 amide bonds. The highest BCUT2D eigenvalue weighted by atomic mass is 35.5. The van der Waals surface area contributed by atoms with Crippen molar-refractivity contribution in [3.63, 3.8) is 0 Å². The average molecular weight is 339 g/mol. The fourth-order valence-corrected chi connectivity index (χ4v) is 4.48. The van der Waals surface area contributed by atoms with Gasteiger partial charge in [-0.3, -0.25) is 0 Å². The molecule has 1 saturated heterocycles. The smallest absolute Gasteiger partial charge is 0.242 e. The van der Waals surface area contributed by atoms with E-state index in [1.807, 2.05) is 0 Å². The molecule has 112 valence electrons. The molecule has 0 unspecified atom stereocenters. The maximum Gasteiger partial charge on any atom is 0.242 e. The number of nitrogens with one attached hydrogen (secondary N) is 2. The number of hydrogen-bond acceptors (Lipinski definition) is 5. The van der Waals surface area contributed by atoms with Gasteiger partial charge in [-0.15, -0.1) is 0 Å². The van der Waals surface area contributed by atoms with Gasteiger partial charge in [-0.05, 0) is 31.2 Å². The van der Waals surface area contributed by atoms with Crippen LogP contribution in [0.2, 0.25) is 5.02 Å². The molecule has 1 aromatic rings. The summed E-state index contributed by atoms with van der Waals surface area (Å²) in [5.74, 6) is 0. The Hall–Kier alpha value is -0.670. The van der Waals surface area contributed by atoms with Gasteiger partial charge >= 0.3 is 0 Å². The summed E-state index contributed by atoms with van der Waals surface area (Å²) in [7, 11) is -7.34. The maximum absolute atomic E-state index is 12.3. The highest BCUT2D eigenvalue weighted by Crippen LogP contribution is 2.25. The van der Waals surface area contributed by atoms with Crippen molar-refractivity contribution in [2.75, 3.05) is 19.3 Å². The van der Waals surface area contributed by atoms with E-state index in [1.165, 1.54) is 12.1 Å². The summed E-state index contributed by atoms with van der Waals surface area (Å²) in [5.41, 5.74) is 0. The normalized spacial score (nSPS) is 20.2. The number of sulfone groups is 1. The fraction of sp³-hybridized carbons (Fsp3) is 0.455. The first-order valence-corrected chi connectivity index (χ1v) is 9.68. The largest absolute Gasteiger partial charge is 0.315 e. The van der Waals surface area contributed by atoms with E-state index < -0.39 is 19.9 Å². The lowest BCUT2D eigenvalue weighted by Crippen LogP contribution is -2.36. The number of halogens is 1. The van der Waals surface area contributed by atoms with Crippen molar-refractivity contribution in [3.8, 4) is 0 Å².